The zero-order chi connectivity index (χ0) is 15.4. The minimum absolute atomic E-state index is 0.0270. The Labute approximate surface area is 122 Å². The fourth-order valence-electron chi connectivity index (χ4n) is 2.66. The summed E-state index contributed by atoms with van der Waals surface area (Å²) in [5, 5.41) is 0. The Morgan fingerprint density at radius 2 is 2.15 bits per heavy atom. The average molecular weight is 278 g/mol. The van der Waals surface area contributed by atoms with Gasteiger partial charge in [0.25, 0.3) is 0 Å². The highest BCUT2D eigenvalue weighted by Crippen LogP contribution is 2.42. The Morgan fingerprint density at radius 1 is 1.50 bits per heavy atom. The first-order valence-electron chi connectivity index (χ1n) is 7.17. The van der Waals surface area contributed by atoms with E-state index in [-0.39, 0.29) is 22.6 Å². The van der Waals surface area contributed by atoms with Gasteiger partial charge in [-0.2, -0.15) is 0 Å². The third-order valence-electron chi connectivity index (χ3n) is 4.32. The summed E-state index contributed by atoms with van der Waals surface area (Å²) in [4.78, 5) is 22.6. The normalized spacial score (nSPS) is 23.2. The molecule has 1 rings (SSSR count). The van der Waals surface area contributed by atoms with Gasteiger partial charge in [-0.05, 0) is 36.7 Å². The predicted octanol–water partition coefficient (Wildman–Crippen LogP) is 3.84. The Kier molecular flexibility index (Phi) is 5.32. The summed E-state index contributed by atoms with van der Waals surface area (Å²) in [5.74, 6) is -0.0694. The number of carbonyl (C=O) groups is 2. The number of ketones is 1. The third-order valence-corrected chi connectivity index (χ3v) is 4.32. The van der Waals surface area contributed by atoms with Crippen LogP contribution in [0.5, 0.6) is 0 Å². The van der Waals surface area contributed by atoms with Gasteiger partial charge < -0.3 is 4.74 Å². The molecule has 1 atom stereocenters. The largest absolute Gasteiger partial charge is 0.466 e. The summed E-state index contributed by atoms with van der Waals surface area (Å²) < 4.78 is 4.60. The molecule has 1 aliphatic rings. The molecular formula is C17H26O3. The molecule has 0 saturated heterocycles. The van der Waals surface area contributed by atoms with Crippen molar-refractivity contribution < 1.29 is 14.3 Å². The van der Waals surface area contributed by atoms with Gasteiger partial charge in [0.2, 0.25) is 0 Å². The second-order valence-electron chi connectivity index (χ2n) is 6.73. The molecule has 20 heavy (non-hydrogen) atoms. The topological polar surface area (TPSA) is 43.4 Å². The fraction of sp³-hybridized carbons (Fsp3) is 0.647. The molecule has 0 amide bonds. The van der Waals surface area contributed by atoms with Gasteiger partial charge in [-0.1, -0.05) is 38.8 Å². The first-order valence-corrected chi connectivity index (χ1v) is 7.17. The van der Waals surface area contributed by atoms with Gasteiger partial charge in [0.05, 0.1) is 7.11 Å². The van der Waals surface area contributed by atoms with Gasteiger partial charge >= 0.3 is 5.97 Å². The molecule has 3 heteroatoms. The number of ether oxygens (including phenoxy) is 1. The highest BCUT2D eigenvalue weighted by molar-refractivity contribution is 5.94. The van der Waals surface area contributed by atoms with Gasteiger partial charge in [-0.3, -0.25) is 4.79 Å². The van der Waals surface area contributed by atoms with Crippen LogP contribution in [0.15, 0.2) is 23.8 Å². The lowest BCUT2D eigenvalue weighted by atomic mass is 9.77. The monoisotopic (exact) mass is 278 g/mol. The summed E-state index contributed by atoms with van der Waals surface area (Å²) in [6.45, 7) is 8.43. The van der Waals surface area contributed by atoms with E-state index in [2.05, 4.69) is 25.5 Å². The first kappa shape index (κ1) is 16.7. The van der Waals surface area contributed by atoms with Gasteiger partial charge in [-0.15, -0.1) is 0 Å². The molecule has 0 saturated carbocycles. The maximum Gasteiger partial charge on any atom is 0.330 e. The van der Waals surface area contributed by atoms with Crippen LogP contribution in [0.2, 0.25) is 0 Å². The van der Waals surface area contributed by atoms with Gasteiger partial charge in [0.15, 0.2) is 5.78 Å². The minimum atomic E-state index is -0.315. The van der Waals surface area contributed by atoms with Crippen LogP contribution in [0.1, 0.15) is 53.4 Å². The van der Waals surface area contributed by atoms with Crippen molar-refractivity contribution in [3.63, 3.8) is 0 Å². The SMILES string of the molecule is COC(=O)C=CC(C)(C)CCCC1(C)CC(=O)C=C1C. The zero-order valence-corrected chi connectivity index (χ0v) is 13.3. The second-order valence-corrected chi connectivity index (χ2v) is 6.73. The molecular weight excluding hydrogens is 252 g/mol. The van der Waals surface area contributed by atoms with Crippen molar-refractivity contribution >= 4 is 11.8 Å². The number of carbonyl (C=O) groups excluding carboxylic acids is 2. The summed E-state index contributed by atoms with van der Waals surface area (Å²) >= 11 is 0. The van der Waals surface area contributed by atoms with Crippen LogP contribution in [-0.4, -0.2) is 18.9 Å². The van der Waals surface area contributed by atoms with E-state index in [4.69, 9.17) is 0 Å². The van der Waals surface area contributed by atoms with Crippen molar-refractivity contribution in [2.75, 3.05) is 7.11 Å². The predicted molar refractivity (Wildman–Crippen MR) is 80.3 cm³/mol. The minimum Gasteiger partial charge on any atom is -0.466 e. The highest BCUT2D eigenvalue weighted by atomic mass is 16.5. The molecule has 112 valence electrons. The van der Waals surface area contributed by atoms with E-state index >= 15 is 0 Å². The zero-order valence-electron chi connectivity index (χ0n) is 13.3. The molecule has 0 heterocycles. The Morgan fingerprint density at radius 3 is 2.65 bits per heavy atom. The summed E-state index contributed by atoms with van der Waals surface area (Å²) in [6, 6.07) is 0. The van der Waals surface area contributed by atoms with E-state index in [0.717, 1.165) is 19.3 Å². The Hall–Kier alpha value is -1.38. The lowest BCUT2D eigenvalue weighted by Crippen LogP contribution is -2.17. The third kappa shape index (κ3) is 4.62. The van der Waals surface area contributed by atoms with Gasteiger partial charge in [0.1, 0.15) is 0 Å². The Balaban J connectivity index is 2.48. The molecule has 0 radical (unpaired) electrons. The molecule has 0 aromatic rings. The molecule has 0 bridgehead atoms. The van der Waals surface area contributed by atoms with Crippen LogP contribution in [-0.2, 0) is 14.3 Å². The maximum absolute atomic E-state index is 11.5. The van der Waals surface area contributed by atoms with Crippen LogP contribution < -0.4 is 0 Å². The highest BCUT2D eigenvalue weighted by Gasteiger charge is 2.33. The quantitative estimate of drug-likeness (QED) is 0.547. The van der Waals surface area contributed by atoms with Crippen molar-refractivity contribution in [2.24, 2.45) is 10.8 Å². The molecule has 0 N–H and O–H groups in total. The van der Waals surface area contributed by atoms with E-state index in [1.54, 1.807) is 6.08 Å². The number of rotatable bonds is 6. The van der Waals surface area contributed by atoms with E-state index < -0.39 is 0 Å². The van der Waals surface area contributed by atoms with Crippen LogP contribution in [0.4, 0.5) is 0 Å². The van der Waals surface area contributed by atoms with Crippen LogP contribution in [0.3, 0.4) is 0 Å². The average Bonchev–Trinajstić information content (AvgIpc) is 2.59. The van der Waals surface area contributed by atoms with Crippen molar-refractivity contribution in [3.8, 4) is 0 Å². The van der Waals surface area contributed by atoms with Crippen LogP contribution in [0.25, 0.3) is 0 Å². The van der Waals surface area contributed by atoms with Crippen molar-refractivity contribution in [1.29, 1.82) is 0 Å². The molecule has 0 aromatic heterocycles. The summed E-state index contributed by atoms with van der Waals surface area (Å²) in [6.07, 6.45) is 8.84. The lowest BCUT2D eigenvalue weighted by molar-refractivity contribution is -0.134. The molecule has 3 nitrogen and oxygen atoms in total. The first-order chi connectivity index (χ1) is 9.18. The molecule has 1 unspecified atom stereocenters. The standard InChI is InChI=1S/C17H26O3/c1-13-11-14(18)12-17(13,4)9-6-8-16(2,3)10-7-15(19)20-5/h7,10-11H,6,8-9,12H2,1-5H3. The second kappa shape index (κ2) is 6.38. The molecule has 0 aromatic carbocycles. The molecule has 0 fully saturated rings. The van der Waals surface area contributed by atoms with E-state index in [1.807, 2.05) is 13.0 Å². The Bertz CT molecular complexity index is 443. The summed E-state index contributed by atoms with van der Waals surface area (Å²) in [5.41, 5.74) is 1.19. The summed E-state index contributed by atoms with van der Waals surface area (Å²) in [7, 11) is 1.38. The van der Waals surface area contributed by atoms with Crippen molar-refractivity contribution in [1.82, 2.24) is 0 Å². The van der Waals surface area contributed by atoms with Gasteiger partial charge in [-0.25, -0.2) is 4.79 Å². The van der Waals surface area contributed by atoms with E-state index in [0.29, 0.717) is 6.42 Å². The number of allylic oxidation sites excluding steroid dienone is 3. The van der Waals surface area contributed by atoms with Crippen LogP contribution in [0, 0.1) is 10.8 Å². The van der Waals surface area contributed by atoms with Crippen LogP contribution >= 0.6 is 0 Å². The smallest absolute Gasteiger partial charge is 0.330 e. The van der Waals surface area contributed by atoms with Crippen molar-refractivity contribution in [2.45, 2.75) is 53.4 Å². The fourth-order valence-corrected chi connectivity index (χ4v) is 2.66. The molecule has 0 spiro atoms. The molecule has 1 aliphatic carbocycles. The molecule has 0 aliphatic heterocycles. The van der Waals surface area contributed by atoms with Crippen molar-refractivity contribution in [3.05, 3.63) is 23.8 Å². The number of hydrogen-bond acceptors (Lipinski definition) is 3. The maximum atomic E-state index is 11.5. The lowest BCUT2D eigenvalue weighted by Gasteiger charge is -2.28. The number of methoxy groups -OCH3 is 1. The van der Waals surface area contributed by atoms with E-state index in [1.165, 1.54) is 18.8 Å². The van der Waals surface area contributed by atoms with E-state index in [9.17, 15) is 9.59 Å². The number of esters is 1. The van der Waals surface area contributed by atoms with Gasteiger partial charge in [0, 0.05) is 12.5 Å². The number of hydrogen-bond donors (Lipinski definition) is 0.